The van der Waals surface area contributed by atoms with Crippen molar-refractivity contribution in [2.75, 3.05) is 18.0 Å². The molecule has 1 amide bonds. The molecule has 4 nitrogen and oxygen atoms in total. The van der Waals surface area contributed by atoms with Crippen LogP contribution in [0.2, 0.25) is 0 Å². The zero-order valence-corrected chi connectivity index (χ0v) is 9.73. The van der Waals surface area contributed by atoms with Gasteiger partial charge in [0.2, 0.25) is 5.91 Å². The highest BCUT2D eigenvalue weighted by atomic mass is 16.2. The van der Waals surface area contributed by atoms with Gasteiger partial charge in [-0.1, -0.05) is 6.92 Å². The molecule has 0 aliphatic carbocycles. The van der Waals surface area contributed by atoms with E-state index in [1.807, 2.05) is 24.8 Å². The number of nitrogens with zero attached hydrogens (tertiary/aromatic N) is 2. The topological polar surface area (TPSA) is 45.2 Å². The van der Waals surface area contributed by atoms with Crippen molar-refractivity contribution in [3.05, 3.63) is 24.0 Å². The lowest BCUT2D eigenvalue weighted by molar-refractivity contribution is -0.118. The molecule has 0 bridgehead atoms. The van der Waals surface area contributed by atoms with E-state index in [0.29, 0.717) is 0 Å². The van der Waals surface area contributed by atoms with Crippen LogP contribution in [0.1, 0.15) is 18.9 Å². The second-order valence-corrected chi connectivity index (χ2v) is 4.05. The monoisotopic (exact) mass is 219 g/mol. The summed E-state index contributed by atoms with van der Waals surface area (Å²) < 4.78 is 0. The molecule has 0 radical (unpaired) electrons. The van der Waals surface area contributed by atoms with Crippen LogP contribution >= 0.6 is 0 Å². The lowest BCUT2D eigenvalue weighted by atomic mass is 10.2. The van der Waals surface area contributed by atoms with Gasteiger partial charge >= 0.3 is 0 Å². The first kappa shape index (κ1) is 11.1. The molecule has 1 aliphatic heterocycles. The third-order valence-electron chi connectivity index (χ3n) is 2.96. The predicted octanol–water partition coefficient (Wildman–Crippen LogP) is 1.10. The normalized spacial score (nSPS) is 20.5. The Hall–Kier alpha value is -1.42. The molecule has 1 fully saturated rings. The number of pyridine rings is 1. The van der Waals surface area contributed by atoms with Gasteiger partial charge in [0.15, 0.2) is 0 Å². The van der Waals surface area contributed by atoms with Gasteiger partial charge < -0.3 is 10.2 Å². The predicted molar refractivity (Wildman–Crippen MR) is 63.4 cm³/mol. The third-order valence-corrected chi connectivity index (χ3v) is 2.96. The summed E-state index contributed by atoms with van der Waals surface area (Å²) >= 11 is 0. The number of carbonyl (C=O) groups is 1. The average molecular weight is 219 g/mol. The number of anilines is 1. The van der Waals surface area contributed by atoms with Gasteiger partial charge in [-0.2, -0.15) is 0 Å². The van der Waals surface area contributed by atoms with Crippen LogP contribution in [0.25, 0.3) is 0 Å². The average Bonchev–Trinajstić information content (AvgIpc) is 2.62. The quantitative estimate of drug-likeness (QED) is 0.828. The first-order chi connectivity index (χ1) is 7.74. The summed E-state index contributed by atoms with van der Waals surface area (Å²) in [7, 11) is 0. The van der Waals surface area contributed by atoms with Crippen molar-refractivity contribution in [1.29, 1.82) is 0 Å². The van der Waals surface area contributed by atoms with Crippen molar-refractivity contribution in [3.8, 4) is 0 Å². The summed E-state index contributed by atoms with van der Waals surface area (Å²) in [5.74, 6) is 0.165. The molecular weight excluding hydrogens is 202 g/mol. The highest BCUT2D eigenvalue weighted by Gasteiger charge is 2.32. The zero-order chi connectivity index (χ0) is 11.5. The summed E-state index contributed by atoms with van der Waals surface area (Å²) in [6, 6.07) is 1.91. The van der Waals surface area contributed by atoms with Gasteiger partial charge in [0.1, 0.15) is 0 Å². The van der Waals surface area contributed by atoms with Gasteiger partial charge in [-0.05, 0) is 31.5 Å². The minimum Gasteiger partial charge on any atom is -0.309 e. The molecule has 1 aromatic heterocycles. The fourth-order valence-corrected chi connectivity index (χ4v) is 2.09. The van der Waals surface area contributed by atoms with Crippen molar-refractivity contribution >= 4 is 11.6 Å². The molecule has 2 rings (SSSR count). The van der Waals surface area contributed by atoms with E-state index in [2.05, 4.69) is 10.3 Å². The fraction of sp³-hybridized carbons (Fsp3) is 0.500. The number of nitrogens with one attached hydrogen (secondary N) is 1. The number of likely N-dealkylation sites (N-methyl/N-ethyl adjacent to an activating group) is 1. The first-order valence-corrected chi connectivity index (χ1v) is 5.69. The summed E-state index contributed by atoms with van der Waals surface area (Å²) in [6.45, 7) is 5.63. The lowest BCUT2D eigenvalue weighted by Gasteiger charge is -2.18. The van der Waals surface area contributed by atoms with Crippen LogP contribution in [0.4, 0.5) is 5.69 Å². The van der Waals surface area contributed by atoms with E-state index in [1.54, 1.807) is 12.4 Å². The summed E-state index contributed by atoms with van der Waals surface area (Å²) in [5, 5.41) is 3.20. The van der Waals surface area contributed by atoms with E-state index in [9.17, 15) is 4.79 Å². The summed E-state index contributed by atoms with van der Waals surface area (Å²) in [6.07, 6.45) is 4.39. The van der Waals surface area contributed by atoms with E-state index in [1.165, 1.54) is 0 Å². The van der Waals surface area contributed by atoms with Crippen molar-refractivity contribution < 1.29 is 4.79 Å². The van der Waals surface area contributed by atoms with E-state index in [-0.39, 0.29) is 11.9 Å². The maximum absolute atomic E-state index is 12.1. The molecule has 1 aromatic rings. The molecule has 1 unspecified atom stereocenters. The summed E-state index contributed by atoms with van der Waals surface area (Å²) in [5.41, 5.74) is 2.04. The second-order valence-electron chi connectivity index (χ2n) is 4.05. The number of amides is 1. The molecule has 0 aromatic carbocycles. The number of hydrogen-bond acceptors (Lipinski definition) is 3. The Morgan fingerprint density at radius 1 is 1.62 bits per heavy atom. The fourth-order valence-electron chi connectivity index (χ4n) is 2.09. The number of rotatable bonds is 3. The highest BCUT2D eigenvalue weighted by Crippen LogP contribution is 2.23. The largest absolute Gasteiger partial charge is 0.309 e. The number of aromatic nitrogens is 1. The van der Waals surface area contributed by atoms with E-state index in [0.717, 1.165) is 30.8 Å². The third kappa shape index (κ3) is 1.93. The van der Waals surface area contributed by atoms with Crippen LogP contribution in [0.15, 0.2) is 18.5 Å². The van der Waals surface area contributed by atoms with Gasteiger partial charge in [0, 0.05) is 12.7 Å². The SMILES string of the molecule is CCNC1CCN(c2cnccc2C)C1=O. The molecule has 2 heterocycles. The van der Waals surface area contributed by atoms with Crippen LogP contribution in [0.3, 0.4) is 0 Å². The van der Waals surface area contributed by atoms with Crippen molar-refractivity contribution in [3.63, 3.8) is 0 Å². The van der Waals surface area contributed by atoms with Gasteiger partial charge in [0.25, 0.3) is 0 Å². The van der Waals surface area contributed by atoms with Crippen LogP contribution < -0.4 is 10.2 Å². The number of aryl methyl sites for hydroxylation is 1. The zero-order valence-electron chi connectivity index (χ0n) is 9.73. The van der Waals surface area contributed by atoms with E-state index < -0.39 is 0 Å². The Kier molecular flexibility index (Phi) is 3.19. The van der Waals surface area contributed by atoms with Crippen LogP contribution in [-0.2, 0) is 4.79 Å². The van der Waals surface area contributed by atoms with Gasteiger partial charge in [0.05, 0.1) is 17.9 Å². The van der Waals surface area contributed by atoms with Crippen molar-refractivity contribution in [2.45, 2.75) is 26.3 Å². The van der Waals surface area contributed by atoms with Gasteiger partial charge in [-0.15, -0.1) is 0 Å². The lowest BCUT2D eigenvalue weighted by Crippen LogP contribution is -2.38. The minimum absolute atomic E-state index is 0.0235. The maximum atomic E-state index is 12.1. The summed E-state index contributed by atoms with van der Waals surface area (Å²) in [4.78, 5) is 18.0. The molecule has 0 spiro atoms. The smallest absolute Gasteiger partial charge is 0.244 e. The van der Waals surface area contributed by atoms with Crippen LogP contribution in [-0.4, -0.2) is 30.0 Å². The van der Waals surface area contributed by atoms with Gasteiger partial charge in [-0.3, -0.25) is 9.78 Å². The molecular formula is C12H17N3O. The molecule has 0 saturated carbocycles. The van der Waals surface area contributed by atoms with Crippen molar-refractivity contribution in [2.24, 2.45) is 0 Å². The maximum Gasteiger partial charge on any atom is 0.244 e. The van der Waals surface area contributed by atoms with E-state index in [4.69, 9.17) is 0 Å². The molecule has 16 heavy (non-hydrogen) atoms. The molecule has 1 aliphatic rings. The van der Waals surface area contributed by atoms with Crippen molar-refractivity contribution in [1.82, 2.24) is 10.3 Å². The Balaban J connectivity index is 2.19. The Bertz CT molecular complexity index is 392. The number of carbonyl (C=O) groups excluding carboxylic acids is 1. The van der Waals surface area contributed by atoms with E-state index >= 15 is 0 Å². The molecule has 1 saturated heterocycles. The highest BCUT2D eigenvalue weighted by molar-refractivity contribution is 5.99. The van der Waals surface area contributed by atoms with Gasteiger partial charge in [-0.25, -0.2) is 0 Å². The second kappa shape index (κ2) is 4.61. The minimum atomic E-state index is -0.0235. The first-order valence-electron chi connectivity index (χ1n) is 5.69. The molecule has 4 heteroatoms. The standard InChI is InChI=1S/C12H17N3O/c1-3-14-10-5-7-15(12(10)16)11-8-13-6-4-9(11)2/h4,6,8,10,14H,3,5,7H2,1-2H3. The Morgan fingerprint density at radius 3 is 3.12 bits per heavy atom. The number of hydrogen-bond donors (Lipinski definition) is 1. The Labute approximate surface area is 95.7 Å². The Morgan fingerprint density at radius 2 is 2.44 bits per heavy atom. The van der Waals surface area contributed by atoms with Crippen LogP contribution in [0, 0.1) is 6.92 Å². The molecule has 86 valence electrons. The van der Waals surface area contributed by atoms with Crippen LogP contribution in [0.5, 0.6) is 0 Å². The molecule has 1 atom stereocenters. The molecule has 1 N–H and O–H groups in total.